The molecule has 9 heteroatoms. The molecule has 1 aromatic heterocycles. The monoisotopic (exact) mass is 269 g/mol. The molecule has 7 nitrogen and oxygen atoms in total. The first kappa shape index (κ1) is 12.2. The predicted octanol–water partition coefficient (Wildman–Crippen LogP) is 0.394. The summed E-state index contributed by atoms with van der Waals surface area (Å²) in [6, 6.07) is 3.15. The Morgan fingerprint density at radius 1 is 1.28 bits per heavy atom. The third kappa shape index (κ3) is 2.51. The maximum Gasteiger partial charge on any atom is 0.264 e. The minimum absolute atomic E-state index is 0.133. The van der Waals surface area contributed by atoms with Gasteiger partial charge in [-0.3, -0.25) is 0 Å². The van der Waals surface area contributed by atoms with Gasteiger partial charge < -0.3 is 5.73 Å². The summed E-state index contributed by atoms with van der Waals surface area (Å²) >= 11 is 0. The van der Waals surface area contributed by atoms with Gasteiger partial charge in [0.25, 0.3) is 16.0 Å². The summed E-state index contributed by atoms with van der Waals surface area (Å²) in [7, 11) is -3.96. The molecule has 94 valence electrons. The molecule has 0 amide bonds. The number of hydrogen-bond donors (Lipinski definition) is 2. The molecule has 2 aromatic rings. The molecule has 1 heterocycles. The number of sulfonamides is 1. The standard InChI is InChI=1S/C9H8FN5O2S/c10-7-5-6(1-2-8(7)11)18(16,17)15-9-12-3-4-13-14-9/h1-5H,11H2,(H,12,14,15). The largest absolute Gasteiger partial charge is 0.396 e. The molecule has 0 aliphatic heterocycles. The topological polar surface area (TPSA) is 111 Å². The molecule has 0 aliphatic rings. The Bertz CT molecular complexity index is 662. The second kappa shape index (κ2) is 4.53. The van der Waals surface area contributed by atoms with Crippen molar-refractivity contribution >= 4 is 21.7 Å². The number of nitrogens with zero attached hydrogens (tertiary/aromatic N) is 3. The lowest BCUT2D eigenvalue weighted by Crippen LogP contribution is -2.15. The number of benzene rings is 1. The third-order valence-electron chi connectivity index (χ3n) is 1.99. The smallest absolute Gasteiger partial charge is 0.264 e. The fraction of sp³-hybridized carbons (Fsp3) is 0. The average molecular weight is 269 g/mol. The van der Waals surface area contributed by atoms with Crippen molar-refractivity contribution in [3.8, 4) is 0 Å². The van der Waals surface area contributed by atoms with Crippen LogP contribution in [-0.2, 0) is 10.0 Å². The maximum atomic E-state index is 13.2. The number of nitrogen functional groups attached to an aromatic ring is 1. The zero-order chi connectivity index (χ0) is 13.2. The predicted molar refractivity (Wildman–Crippen MR) is 61.4 cm³/mol. The number of nitrogens with two attached hydrogens (primary N) is 1. The van der Waals surface area contributed by atoms with E-state index in [1.165, 1.54) is 18.5 Å². The van der Waals surface area contributed by atoms with Gasteiger partial charge in [0.1, 0.15) is 5.82 Å². The van der Waals surface area contributed by atoms with Gasteiger partial charge in [-0.15, -0.1) is 5.10 Å². The first-order chi connectivity index (χ1) is 8.49. The third-order valence-corrected chi connectivity index (χ3v) is 3.32. The van der Waals surface area contributed by atoms with Crippen molar-refractivity contribution in [2.75, 3.05) is 10.5 Å². The van der Waals surface area contributed by atoms with Crippen LogP contribution in [0.5, 0.6) is 0 Å². The second-order valence-corrected chi connectivity index (χ2v) is 4.94. The minimum Gasteiger partial charge on any atom is -0.396 e. The van der Waals surface area contributed by atoms with E-state index in [0.29, 0.717) is 0 Å². The molecule has 0 spiro atoms. The first-order valence-corrected chi connectivity index (χ1v) is 6.19. The number of hydrogen-bond acceptors (Lipinski definition) is 6. The van der Waals surface area contributed by atoms with Gasteiger partial charge in [-0.1, -0.05) is 0 Å². The molecule has 0 fully saturated rings. The van der Waals surface area contributed by atoms with Crippen molar-refractivity contribution in [1.29, 1.82) is 0 Å². The molecule has 0 saturated heterocycles. The summed E-state index contributed by atoms with van der Waals surface area (Å²) in [5.41, 5.74) is 5.13. The Morgan fingerprint density at radius 2 is 2.06 bits per heavy atom. The maximum absolute atomic E-state index is 13.2. The highest BCUT2D eigenvalue weighted by Gasteiger charge is 2.17. The van der Waals surface area contributed by atoms with Crippen LogP contribution < -0.4 is 10.5 Å². The fourth-order valence-corrected chi connectivity index (χ4v) is 2.11. The highest BCUT2D eigenvalue weighted by atomic mass is 32.2. The van der Waals surface area contributed by atoms with Crippen molar-refractivity contribution in [3.63, 3.8) is 0 Å². The Labute approximate surface area is 102 Å². The van der Waals surface area contributed by atoms with Gasteiger partial charge in [-0.25, -0.2) is 22.5 Å². The number of nitrogens with one attached hydrogen (secondary N) is 1. The van der Waals surface area contributed by atoms with Crippen molar-refractivity contribution in [3.05, 3.63) is 36.4 Å². The van der Waals surface area contributed by atoms with Crippen LogP contribution >= 0.6 is 0 Å². The van der Waals surface area contributed by atoms with Crippen molar-refractivity contribution in [1.82, 2.24) is 15.2 Å². The summed E-state index contributed by atoms with van der Waals surface area (Å²) in [4.78, 5) is 3.37. The van der Waals surface area contributed by atoms with Gasteiger partial charge in [0, 0.05) is 0 Å². The van der Waals surface area contributed by atoms with Crippen molar-refractivity contribution < 1.29 is 12.8 Å². The number of rotatable bonds is 3. The molecular weight excluding hydrogens is 261 g/mol. The van der Waals surface area contributed by atoms with Gasteiger partial charge in [0.15, 0.2) is 0 Å². The van der Waals surface area contributed by atoms with Gasteiger partial charge in [0.2, 0.25) is 0 Å². The lowest BCUT2D eigenvalue weighted by atomic mass is 10.3. The second-order valence-electron chi connectivity index (χ2n) is 3.26. The van der Waals surface area contributed by atoms with Gasteiger partial charge in [0.05, 0.1) is 23.0 Å². The summed E-state index contributed by atoms with van der Waals surface area (Å²) in [5.74, 6) is -1.01. The van der Waals surface area contributed by atoms with E-state index in [1.54, 1.807) is 0 Å². The molecule has 0 bridgehead atoms. The normalized spacial score (nSPS) is 11.2. The molecular formula is C9H8FN5O2S. The van der Waals surface area contributed by atoms with E-state index in [2.05, 4.69) is 19.9 Å². The SMILES string of the molecule is Nc1ccc(S(=O)(=O)Nc2nccnn2)cc1F. The molecule has 1 aromatic carbocycles. The molecule has 0 saturated carbocycles. The van der Waals surface area contributed by atoms with E-state index in [9.17, 15) is 12.8 Å². The van der Waals surface area contributed by atoms with E-state index in [4.69, 9.17) is 5.73 Å². The van der Waals surface area contributed by atoms with Crippen LogP contribution in [-0.4, -0.2) is 23.6 Å². The quantitative estimate of drug-likeness (QED) is 0.780. The lowest BCUT2D eigenvalue weighted by Gasteiger charge is -2.06. The van der Waals surface area contributed by atoms with E-state index < -0.39 is 15.8 Å². The molecule has 2 rings (SSSR count). The zero-order valence-corrected chi connectivity index (χ0v) is 9.72. The van der Waals surface area contributed by atoms with Crippen LogP contribution in [0.1, 0.15) is 0 Å². The number of halogens is 1. The number of aromatic nitrogens is 3. The summed E-state index contributed by atoms with van der Waals surface area (Å²) in [6.45, 7) is 0. The average Bonchev–Trinajstić information content (AvgIpc) is 2.33. The fourth-order valence-electron chi connectivity index (χ4n) is 1.15. The Balaban J connectivity index is 2.34. The molecule has 3 N–H and O–H groups in total. The Hall–Kier alpha value is -2.29. The van der Waals surface area contributed by atoms with Gasteiger partial charge >= 0.3 is 0 Å². The minimum atomic E-state index is -3.96. The van der Waals surface area contributed by atoms with E-state index in [0.717, 1.165) is 12.1 Å². The first-order valence-electron chi connectivity index (χ1n) is 4.70. The van der Waals surface area contributed by atoms with Gasteiger partial charge in [-0.05, 0) is 18.2 Å². The molecule has 0 aliphatic carbocycles. The van der Waals surface area contributed by atoms with Gasteiger partial charge in [-0.2, -0.15) is 5.10 Å². The molecule has 18 heavy (non-hydrogen) atoms. The van der Waals surface area contributed by atoms with E-state index in [1.807, 2.05) is 0 Å². The lowest BCUT2D eigenvalue weighted by molar-refractivity contribution is 0.595. The highest BCUT2D eigenvalue weighted by molar-refractivity contribution is 7.92. The summed E-state index contributed by atoms with van der Waals surface area (Å²) in [6.07, 6.45) is 2.56. The molecule has 0 atom stereocenters. The van der Waals surface area contributed by atoms with Crippen LogP contribution in [0.2, 0.25) is 0 Å². The summed E-state index contributed by atoms with van der Waals surface area (Å²) < 4.78 is 38.9. The van der Waals surface area contributed by atoms with Crippen LogP contribution in [0.4, 0.5) is 16.0 Å². The highest BCUT2D eigenvalue weighted by Crippen LogP contribution is 2.17. The Kier molecular flexibility index (Phi) is 3.06. The Morgan fingerprint density at radius 3 is 2.67 bits per heavy atom. The van der Waals surface area contributed by atoms with Crippen LogP contribution in [0.3, 0.4) is 0 Å². The van der Waals surface area contributed by atoms with Crippen LogP contribution in [0.25, 0.3) is 0 Å². The summed E-state index contributed by atoms with van der Waals surface area (Å²) in [5, 5.41) is 6.92. The number of anilines is 2. The van der Waals surface area contributed by atoms with Crippen molar-refractivity contribution in [2.45, 2.75) is 4.90 Å². The zero-order valence-electron chi connectivity index (χ0n) is 8.91. The van der Waals surface area contributed by atoms with E-state index >= 15 is 0 Å². The van der Waals surface area contributed by atoms with Crippen LogP contribution in [0.15, 0.2) is 35.5 Å². The van der Waals surface area contributed by atoms with Crippen LogP contribution in [0, 0.1) is 5.82 Å². The molecule has 0 unspecified atom stereocenters. The van der Waals surface area contributed by atoms with E-state index in [-0.39, 0.29) is 16.5 Å². The molecule has 0 radical (unpaired) electrons. The van der Waals surface area contributed by atoms with Crippen molar-refractivity contribution in [2.24, 2.45) is 0 Å².